The Morgan fingerprint density at radius 2 is 2.15 bits per heavy atom. The van der Waals surface area contributed by atoms with Crippen LogP contribution in [0.15, 0.2) is 23.6 Å². The Morgan fingerprint density at radius 3 is 2.82 bits per heavy atom. The molecule has 7 nitrogen and oxygen atoms in total. The van der Waals surface area contributed by atoms with Gasteiger partial charge < -0.3 is 20.1 Å². The van der Waals surface area contributed by atoms with Gasteiger partial charge in [0.2, 0.25) is 5.91 Å². The van der Waals surface area contributed by atoms with Gasteiger partial charge in [-0.05, 0) is 48.1 Å². The molecule has 1 unspecified atom stereocenters. The number of carboxylic acid groups (broad SMARTS) is 1. The summed E-state index contributed by atoms with van der Waals surface area (Å²) >= 11 is 1.73. The zero-order valence-electron chi connectivity index (χ0n) is 19.3. The van der Waals surface area contributed by atoms with Crippen molar-refractivity contribution in [1.29, 1.82) is 0 Å². The van der Waals surface area contributed by atoms with Crippen molar-refractivity contribution in [1.82, 2.24) is 15.1 Å². The molecule has 2 bridgehead atoms. The largest absolute Gasteiger partial charge is 0.550 e. The number of rotatable bonds is 8. The Balaban J connectivity index is 1.18. The van der Waals surface area contributed by atoms with Gasteiger partial charge in [0.25, 0.3) is 0 Å². The van der Waals surface area contributed by atoms with Gasteiger partial charge in [0.15, 0.2) is 0 Å². The molecule has 178 valence electrons. The van der Waals surface area contributed by atoms with E-state index in [4.69, 9.17) is 5.10 Å². The summed E-state index contributed by atoms with van der Waals surface area (Å²) in [5, 5.41) is 21.3. The van der Waals surface area contributed by atoms with Crippen LogP contribution in [0.25, 0.3) is 10.6 Å². The monoisotopic (exact) mass is 470 g/mol. The van der Waals surface area contributed by atoms with E-state index >= 15 is 0 Å². The molecule has 33 heavy (non-hydrogen) atoms. The number of amides is 1. The Morgan fingerprint density at radius 1 is 1.33 bits per heavy atom. The summed E-state index contributed by atoms with van der Waals surface area (Å²) < 4.78 is 2.07. The number of carboxylic acids is 1. The molecule has 2 aromatic heterocycles. The van der Waals surface area contributed by atoms with Crippen molar-refractivity contribution in [2.75, 3.05) is 19.6 Å². The zero-order valence-corrected chi connectivity index (χ0v) is 20.2. The summed E-state index contributed by atoms with van der Waals surface area (Å²) in [6.07, 6.45) is 6.30. The van der Waals surface area contributed by atoms with Crippen molar-refractivity contribution in [2.24, 2.45) is 18.4 Å². The molecular weight excluding hydrogens is 436 g/mol. The molecule has 3 saturated heterocycles. The second kappa shape index (κ2) is 9.22. The Labute approximate surface area is 199 Å². The number of fused-ring (bicyclic) bond motifs is 3. The van der Waals surface area contributed by atoms with E-state index in [1.54, 1.807) is 16.2 Å². The van der Waals surface area contributed by atoms with Gasteiger partial charge in [-0.15, -0.1) is 11.3 Å². The quantitative estimate of drug-likeness (QED) is 0.605. The number of thiophene rings is 1. The smallest absolute Gasteiger partial charge is 0.220 e. The van der Waals surface area contributed by atoms with Crippen LogP contribution in [0.1, 0.15) is 63.0 Å². The lowest BCUT2D eigenvalue weighted by Crippen LogP contribution is -3.20. The summed E-state index contributed by atoms with van der Waals surface area (Å²) in [7, 11) is 2.06. The number of hydrogen-bond acceptors (Lipinski definition) is 5. The molecule has 0 spiro atoms. The minimum Gasteiger partial charge on any atom is -0.550 e. The van der Waals surface area contributed by atoms with Gasteiger partial charge >= 0.3 is 0 Å². The third kappa shape index (κ3) is 4.73. The number of quaternary nitrogens is 1. The predicted molar refractivity (Wildman–Crippen MR) is 125 cm³/mol. The Bertz CT molecular complexity index is 995. The van der Waals surface area contributed by atoms with Crippen LogP contribution in [-0.2, 0) is 16.6 Å². The molecule has 1 amide bonds. The molecule has 2 N–H and O–H groups in total. The lowest BCUT2D eigenvalue weighted by molar-refractivity contribution is -0.942. The van der Waals surface area contributed by atoms with E-state index in [0.29, 0.717) is 30.8 Å². The standard InChI is InChI=1S/C25H34N4O3S/c1-28-21(12-20(27-28)22-5-4-10-33-22)19-16-29-9-6-17(19)11-18(29)15-26-23(30)13-25(14-24(31)32)7-2-3-8-25/h4-5,10,12,17-19H,2-3,6-9,11,13-16H2,1H3,(H,26,30)(H,31,32)/t17-,18+,19-/m0/s1. The number of nitrogens with zero attached hydrogens (tertiary/aromatic N) is 2. The maximum absolute atomic E-state index is 12.7. The molecule has 4 atom stereocenters. The van der Waals surface area contributed by atoms with Crippen LogP contribution in [0.2, 0.25) is 0 Å². The number of aliphatic carboxylic acids is 1. The maximum atomic E-state index is 12.7. The van der Waals surface area contributed by atoms with Gasteiger partial charge in [0, 0.05) is 38.0 Å². The molecule has 8 heteroatoms. The van der Waals surface area contributed by atoms with E-state index in [2.05, 4.69) is 40.6 Å². The first-order valence-corrected chi connectivity index (χ1v) is 13.2. The summed E-state index contributed by atoms with van der Waals surface area (Å²) in [4.78, 5) is 26.7. The van der Waals surface area contributed by atoms with Crippen molar-refractivity contribution < 1.29 is 19.6 Å². The molecule has 3 aliphatic heterocycles. The third-order valence-corrected chi connectivity index (χ3v) is 9.28. The number of aryl methyl sites for hydroxylation is 1. The maximum Gasteiger partial charge on any atom is 0.220 e. The third-order valence-electron chi connectivity index (χ3n) is 8.39. The highest BCUT2D eigenvalue weighted by molar-refractivity contribution is 7.13. The van der Waals surface area contributed by atoms with Crippen LogP contribution in [0.3, 0.4) is 0 Å². The van der Waals surface area contributed by atoms with Crippen LogP contribution < -0.4 is 15.3 Å². The highest BCUT2D eigenvalue weighted by Gasteiger charge is 2.45. The molecule has 5 heterocycles. The second-order valence-electron chi connectivity index (χ2n) is 10.5. The van der Waals surface area contributed by atoms with Gasteiger partial charge in [-0.25, -0.2) is 0 Å². The highest BCUT2D eigenvalue weighted by atomic mass is 32.1. The van der Waals surface area contributed by atoms with Crippen molar-refractivity contribution in [3.63, 3.8) is 0 Å². The topological polar surface area (TPSA) is 91.5 Å². The van der Waals surface area contributed by atoms with Gasteiger partial charge in [0.1, 0.15) is 11.7 Å². The minimum absolute atomic E-state index is 0.00311. The molecule has 6 rings (SSSR count). The minimum atomic E-state index is -1.03. The lowest BCUT2D eigenvalue weighted by atomic mass is 9.74. The van der Waals surface area contributed by atoms with E-state index < -0.39 is 11.4 Å². The highest BCUT2D eigenvalue weighted by Crippen LogP contribution is 2.44. The first kappa shape index (κ1) is 22.6. The number of carbonyl (C=O) groups is 2. The van der Waals surface area contributed by atoms with Crippen LogP contribution in [0.5, 0.6) is 0 Å². The van der Waals surface area contributed by atoms with Gasteiger partial charge in [-0.3, -0.25) is 9.48 Å². The SMILES string of the molecule is Cn1nc(-c2cccs2)cc1[C@H]1C[NH+]2CC[C@H]1C[C@@H]2CNC(=O)CC1(CC(=O)[O-])CCCC1. The van der Waals surface area contributed by atoms with E-state index in [-0.39, 0.29) is 12.3 Å². The van der Waals surface area contributed by atoms with Crippen molar-refractivity contribution in [3.05, 3.63) is 29.3 Å². The van der Waals surface area contributed by atoms with Crippen LogP contribution >= 0.6 is 11.3 Å². The average molecular weight is 471 g/mol. The normalized spacial score (nSPS) is 28.2. The first-order chi connectivity index (χ1) is 15.9. The molecular formula is C25H34N4O3S. The van der Waals surface area contributed by atoms with Crippen molar-refractivity contribution in [3.8, 4) is 10.6 Å². The first-order valence-electron chi connectivity index (χ1n) is 12.3. The number of aromatic nitrogens is 2. The molecule has 0 radical (unpaired) electrons. The Hall–Kier alpha value is -2.19. The summed E-state index contributed by atoms with van der Waals surface area (Å²) in [6.45, 7) is 2.93. The Kier molecular flexibility index (Phi) is 6.31. The van der Waals surface area contributed by atoms with Gasteiger partial charge in [-0.1, -0.05) is 18.9 Å². The van der Waals surface area contributed by atoms with Gasteiger partial charge in [-0.2, -0.15) is 5.10 Å². The fraction of sp³-hybridized carbons (Fsp3) is 0.640. The van der Waals surface area contributed by atoms with E-state index in [0.717, 1.165) is 50.9 Å². The molecule has 2 aromatic rings. The molecule has 1 aliphatic carbocycles. The molecule has 4 aliphatic rings. The van der Waals surface area contributed by atoms with Crippen molar-refractivity contribution in [2.45, 2.75) is 63.3 Å². The summed E-state index contributed by atoms with van der Waals surface area (Å²) in [5.74, 6) is 0.101. The fourth-order valence-corrected chi connectivity index (χ4v) is 7.42. The average Bonchev–Trinajstić information content (AvgIpc) is 3.54. The van der Waals surface area contributed by atoms with Crippen molar-refractivity contribution >= 4 is 23.2 Å². The number of carbonyl (C=O) groups excluding carboxylic acids is 2. The molecule has 0 aromatic carbocycles. The summed E-state index contributed by atoms with van der Waals surface area (Å²) in [5.41, 5.74) is 2.00. The van der Waals surface area contributed by atoms with Crippen LogP contribution in [0, 0.1) is 11.3 Å². The van der Waals surface area contributed by atoms with Crippen LogP contribution in [0.4, 0.5) is 0 Å². The molecule has 4 fully saturated rings. The number of nitrogens with one attached hydrogen (secondary N) is 2. The predicted octanol–water partition coefficient (Wildman–Crippen LogP) is 1.12. The zero-order chi connectivity index (χ0) is 23.0. The fourth-order valence-electron chi connectivity index (χ4n) is 6.74. The lowest BCUT2D eigenvalue weighted by Gasteiger charge is -2.47. The van der Waals surface area contributed by atoms with E-state index in [1.807, 2.05) is 0 Å². The number of piperidine rings is 3. The van der Waals surface area contributed by atoms with Gasteiger partial charge in [0.05, 0.1) is 30.4 Å². The second-order valence-corrected chi connectivity index (χ2v) is 11.4. The van der Waals surface area contributed by atoms with E-state index in [1.165, 1.54) is 17.0 Å². The number of hydrogen-bond donors (Lipinski definition) is 2. The molecule has 1 saturated carbocycles. The van der Waals surface area contributed by atoms with E-state index in [9.17, 15) is 14.7 Å². The summed E-state index contributed by atoms with van der Waals surface area (Å²) in [6, 6.07) is 6.90. The van der Waals surface area contributed by atoms with Crippen LogP contribution in [-0.4, -0.2) is 47.3 Å².